The van der Waals surface area contributed by atoms with Crippen LogP contribution in [0, 0.1) is 0 Å². The first-order valence-electron chi connectivity index (χ1n) is 7.05. The molecule has 0 radical (unpaired) electrons. The van der Waals surface area contributed by atoms with Crippen LogP contribution in [0.25, 0.3) is 0 Å². The van der Waals surface area contributed by atoms with Crippen LogP contribution in [-0.4, -0.2) is 20.6 Å². The smallest absolute Gasteiger partial charge is 0.136 e. The molecule has 0 saturated carbocycles. The molecule has 102 valence electrons. The lowest BCUT2D eigenvalue weighted by Gasteiger charge is -2.45. The first kappa shape index (κ1) is 16.8. The Labute approximate surface area is 109 Å². The maximum absolute atomic E-state index is 11.2. The summed E-state index contributed by atoms with van der Waals surface area (Å²) in [4.78, 5) is 15.0. The minimum absolute atomic E-state index is 0.0545. The van der Waals surface area contributed by atoms with E-state index >= 15 is 0 Å². The van der Waals surface area contributed by atoms with Crippen LogP contribution in [0.15, 0.2) is 0 Å². The number of aldehydes is 1. The van der Waals surface area contributed by atoms with Gasteiger partial charge in [-0.3, -0.25) is 0 Å². The van der Waals surface area contributed by atoms with Gasteiger partial charge in [-0.2, -0.15) is 0 Å². The topological polar surface area (TPSA) is 29.1 Å². The SMILES string of the molecule is CCC[C@@H](C=O)N[Si](C(C)C)(C(C)C)C(C)C. The fourth-order valence-electron chi connectivity index (χ4n) is 3.31. The third kappa shape index (κ3) is 3.92. The van der Waals surface area contributed by atoms with Gasteiger partial charge in [-0.25, -0.2) is 0 Å². The molecule has 1 N–H and O–H groups in total. The van der Waals surface area contributed by atoms with Crippen LogP contribution in [0.1, 0.15) is 61.3 Å². The number of nitrogens with one attached hydrogen (secondary N) is 1. The monoisotopic (exact) mass is 257 g/mol. The fourth-order valence-corrected chi connectivity index (χ4v) is 9.16. The van der Waals surface area contributed by atoms with Crippen molar-refractivity contribution in [3.05, 3.63) is 0 Å². The quantitative estimate of drug-likeness (QED) is 0.523. The standard InChI is InChI=1S/C14H31NOSi/c1-8-9-14(10-16)15-17(11(2)3,12(4)5)13(6)7/h10-15H,8-9H2,1-7H3/t14-/m0/s1. The molecule has 0 saturated heterocycles. The summed E-state index contributed by atoms with van der Waals surface area (Å²) < 4.78 is 0. The maximum atomic E-state index is 11.2. The molecule has 0 spiro atoms. The van der Waals surface area contributed by atoms with E-state index in [1.807, 2.05) is 0 Å². The van der Waals surface area contributed by atoms with Gasteiger partial charge in [-0.15, -0.1) is 0 Å². The maximum Gasteiger partial charge on any atom is 0.136 e. The lowest BCUT2D eigenvalue weighted by molar-refractivity contribution is -0.109. The minimum Gasteiger partial charge on any atom is -0.328 e. The average molecular weight is 257 g/mol. The number of carbonyl (C=O) groups excluding carboxylic acids is 1. The van der Waals surface area contributed by atoms with Crippen molar-refractivity contribution >= 4 is 14.5 Å². The first-order valence-corrected chi connectivity index (χ1v) is 9.29. The molecule has 3 heteroatoms. The van der Waals surface area contributed by atoms with Gasteiger partial charge < -0.3 is 9.78 Å². The summed E-state index contributed by atoms with van der Waals surface area (Å²) in [6, 6.07) is 0.0545. The van der Waals surface area contributed by atoms with Crippen LogP contribution in [0.4, 0.5) is 0 Å². The highest BCUT2D eigenvalue weighted by Crippen LogP contribution is 2.39. The van der Waals surface area contributed by atoms with Crippen molar-refractivity contribution in [2.75, 3.05) is 0 Å². The zero-order valence-corrected chi connectivity index (χ0v) is 13.7. The van der Waals surface area contributed by atoms with Crippen LogP contribution in [0.5, 0.6) is 0 Å². The van der Waals surface area contributed by atoms with E-state index in [0.29, 0.717) is 16.6 Å². The Morgan fingerprint density at radius 3 is 1.65 bits per heavy atom. The molecule has 0 aromatic heterocycles. The summed E-state index contributed by atoms with van der Waals surface area (Å²) in [5.41, 5.74) is 1.96. The van der Waals surface area contributed by atoms with Gasteiger partial charge in [0.25, 0.3) is 0 Å². The van der Waals surface area contributed by atoms with Gasteiger partial charge in [-0.05, 0) is 23.0 Å². The number of hydrogen-bond acceptors (Lipinski definition) is 2. The van der Waals surface area contributed by atoms with Gasteiger partial charge in [0.15, 0.2) is 0 Å². The van der Waals surface area contributed by atoms with Crippen LogP contribution in [-0.2, 0) is 4.79 Å². The average Bonchev–Trinajstić information content (AvgIpc) is 2.22. The van der Waals surface area contributed by atoms with E-state index in [-0.39, 0.29) is 6.04 Å². The van der Waals surface area contributed by atoms with Gasteiger partial charge in [-0.1, -0.05) is 54.9 Å². The molecule has 17 heavy (non-hydrogen) atoms. The summed E-state index contributed by atoms with van der Waals surface area (Å²) >= 11 is 0. The molecule has 0 aromatic rings. The van der Waals surface area contributed by atoms with Crippen molar-refractivity contribution in [1.29, 1.82) is 0 Å². The van der Waals surface area contributed by atoms with E-state index in [0.717, 1.165) is 19.1 Å². The Bertz CT molecular complexity index is 204. The third-order valence-corrected chi connectivity index (χ3v) is 10.7. The summed E-state index contributed by atoms with van der Waals surface area (Å²) in [5.74, 6) is 0. The molecule has 0 aliphatic rings. The second-order valence-electron chi connectivity index (χ2n) is 6.07. The molecule has 0 heterocycles. The third-order valence-electron chi connectivity index (χ3n) is 4.07. The summed E-state index contributed by atoms with van der Waals surface area (Å²) in [5, 5.41) is 0. The van der Waals surface area contributed by atoms with Crippen LogP contribution in [0.2, 0.25) is 16.6 Å². The van der Waals surface area contributed by atoms with Crippen molar-refractivity contribution in [2.24, 2.45) is 0 Å². The Hall–Kier alpha value is -0.153. The van der Waals surface area contributed by atoms with E-state index in [2.05, 4.69) is 53.4 Å². The molecular formula is C14H31NOSi. The van der Waals surface area contributed by atoms with Crippen molar-refractivity contribution in [3.8, 4) is 0 Å². The molecule has 0 unspecified atom stereocenters. The molecule has 0 rings (SSSR count). The predicted molar refractivity (Wildman–Crippen MR) is 78.9 cm³/mol. The highest BCUT2D eigenvalue weighted by atomic mass is 28.3. The zero-order chi connectivity index (χ0) is 13.6. The Balaban J connectivity index is 5.09. The highest BCUT2D eigenvalue weighted by Gasteiger charge is 2.44. The lowest BCUT2D eigenvalue weighted by Crippen LogP contribution is -2.61. The Kier molecular flexibility index (Phi) is 7.25. The second kappa shape index (κ2) is 7.32. The Morgan fingerprint density at radius 2 is 1.41 bits per heavy atom. The molecule has 0 fully saturated rings. The number of carbonyl (C=O) groups is 1. The van der Waals surface area contributed by atoms with Gasteiger partial charge >= 0.3 is 0 Å². The van der Waals surface area contributed by atoms with Crippen molar-refractivity contribution in [3.63, 3.8) is 0 Å². The van der Waals surface area contributed by atoms with E-state index < -0.39 is 8.24 Å². The lowest BCUT2D eigenvalue weighted by atomic mass is 10.2. The van der Waals surface area contributed by atoms with Crippen molar-refractivity contribution in [2.45, 2.75) is 84.0 Å². The van der Waals surface area contributed by atoms with E-state index in [1.54, 1.807) is 0 Å². The largest absolute Gasteiger partial charge is 0.328 e. The summed E-state index contributed by atoms with van der Waals surface area (Å²) in [7, 11) is -1.63. The van der Waals surface area contributed by atoms with Gasteiger partial charge in [0, 0.05) is 0 Å². The Morgan fingerprint density at radius 1 is 1.00 bits per heavy atom. The van der Waals surface area contributed by atoms with Gasteiger partial charge in [0.05, 0.1) is 6.04 Å². The number of hydrogen-bond donors (Lipinski definition) is 1. The normalized spacial score (nSPS) is 14.7. The van der Waals surface area contributed by atoms with Crippen LogP contribution < -0.4 is 4.98 Å². The second-order valence-corrected chi connectivity index (χ2v) is 11.7. The van der Waals surface area contributed by atoms with E-state index in [4.69, 9.17) is 0 Å². The molecule has 0 aromatic carbocycles. The molecule has 1 atom stereocenters. The van der Waals surface area contributed by atoms with Crippen LogP contribution in [0.3, 0.4) is 0 Å². The van der Waals surface area contributed by atoms with Crippen LogP contribution >= 0.6 is 0 Å². The summed E-state index contributed by atoms with van der Waals surface area (Å²) in [6.45, 7) is 16.0. The summed E-state index contributed by atoms with van der Waals surface area (Å²) in [6.07, 6.45) is 3.14. The minimum atomic E-state index is -1.63. The fraction of sp³-hybridized carbons (Fsp3) is 0.929. The van der Waals surface area contributed by atoms with E-state index in [9.17, 15) is 4.79 Å². The molecule has 0 aliphatic heterocycles. The molecule has 0 bridgehead atoms. The molecule has 0 aliphatic carbocycles. The zero-order valence-electron chi connectivity index (χ0n) is 12.7. The predicted octanol–water partition coefficient (Wildman–Crippen LogP) is 4.12. The van der Waals surface area contributed by atoms with Gasteiger partial charge in [0.1, 0.15) is 14.5 Å². The van der Waals surface area contributed by atoms with E-state index in [1.165, 1.54) is 0 Å². The van der Waals surface area contributed by atoms with Gasteiger partial charge in [0.2, 0.25) is 0 Å². The van der Waals surface area contributed by atoms with Crippen molar-refractivity contribution in [1.82, 2.24) is 4.98 Å². The number of rotatable bonds is 8. The molecular weight excluding hydrogens is 226 g/mol. The highest BCUT2D eigenvalue weighted by molar-refractivity contribution is 6.81. The first-order chi connectivity index (χ1) is 7.82. The van der Waals surface area contributed by atoms with Crippen molar-refractivity contribution < 1.29 is 4.79 Å². The molecule has 2 nitrogen and oxygen atoms in total. The molecule has 0 amide bonds.